The van der Waals surface area contributed by atoms with E-state index < -0.39 is 27.3 Å². The fourth-order valence-corrected chi connectivity index (χ4v) is 5.41. The lowest BCUT2D eigenvalue weighted by molar-refractivity contribution is 0.0913. The Bertz CT molecular complexity index is 1020. The first-order chi connectivity index (χ1) is 16.2. The number of ether oxygens (including phenoxy) is 1. The Morgan fingerprint density at radius 3 is 2.03 bits per heavy atom. The van der Waals surface area contributed by atoms with Crippen molar-refractivity contribution in [3.8, 4) is 0 Å². The number of aliphatic hydroxyl groups excluding tert-OH is 1. The Morgan fingerprint density at radius 2 is 1.47 bits per heavy atom. The van der Waals surface area contributed by atoms with E-state index >= 15 is 0 Å². The lowest BCUT2D eigenvalue weighted by atomic mass is 9.87. The third-order valence-corrected chi connectivity index (χ3v) is 7.73. The molecule has 0 aliphatic rings. The molecule has 3 aromatic carbocycles. The number of alkyl carbamates (subject to hydrolysis) is 1. The van der Waals surface area contributed by atoms with Crippen molar-refractivity contribution in [2.45, 2.75) is 51.9 Å². The van der Waals surface area contributed by atoms with E-state index in [1.165, 1.54) is 5.56 Å². The van der Waals surface area contributed by atoms with Gasteiger partial charge in [0.1, 0.15) is 6.61 Å². The molecule has 179 valence electrons. The van der Waals surface area contributed by atoms with Crippen LogP contribution in [0.15, 0.2) is 84.9 Å². The zero-order chi connectivity index (χ0) is 24.6. The van der Waals surface area contributed by atoms with Gasteiger partial charge in [0.2, 0.25) is 0 Å². The van der Waals surface area contributed by atoms with E-state index in [0.717, 1.165) is 15.9 Å². The van der Waals surface area contributed by atoms with Gasteiger partial charge in [-0.15, -0.1) is 0 Å². The number of carbonyl (C=O) groups excluding carboxylic acids is 1. The number of hydrogen-bond acceptors (Lipinski definition) is 4. The van der Waals surface area contributed by atoms with Crippen LogP contribution in [0.5, 0.6) is 0 Å². The van der Waals surface area contributed by atoms with Crippen LogP contribution in [0, 0.1) is 0 Å². The Balaban J connectivity index is 1.69. The number of rotatable bonds is 9. The van der Waals surface area contributed by atoms with Crippen LogP contribution in [0.25, 0.3) is 0 Å². The normalized spacial score (nSPS) is 13.4. The first kappa shape index (κ1) is 25.7. The molecule has 3 aromatic rings. The molecule has 0 aromatic heterocycles. The van der Waals surface area contributed by atoms with Crippen molar-refractivity contribution in [2.24, 2.45) is 0 Å². The molecule has 1 radical (unpaired) electrons. The number of hydrogen-bond donors (Lipinski definition) is 2. The topological polar surface area (TPSA) is 67.8 Å². The molecule has 0 spiro atoms. The van der Waals surface area contributed by atoms with Crippen LogP contribution in [-0.2, 0) is 21.2 Å². The maximum Gasteiger partial charge on any atom is 0.407 e. The van der Waals surface area contributed by atoms with Crippen LogP contribution in [-0.4, -0.2) is 39.0 Å². The first-order valence-corrected chi connectivity index (χ1v) is 13.0. The summed E-state index contributed by atoms with van der Waals surface area (Å²) in [4.78, 5) is 12.4. The lowest BCUT2D eigenvalue weighted by Gasteiger charge is -2.25. The van der Waals surface area contributed by atoms with Gasteiger partial charge < -0.3 is 19.6 Å². The molecule has 6 heteroatoms. The molecular formula is C28H34NO4Si. The van der Waals surface area contributed by atoms with Crippen molar-refractivity contribution >= 4 is 25.5 Å². The van der Waals surface area contributed by atoms with Gasteiger partial charge in [0.25, 0.3) is 9.04 Å². The standard InChI is InChI=1S/C28H34NO4Si/c1-21(30)26(29-27(31)32-19-22-11-7-5-8-12-22)20-33-34(24-13-9-6-10-14-24)25-17-15-23(16-18-25)28(2,3)4/h5-18,21,26,30H,19-20H2,1-4H3,(H,29,31)/t21-,26-/m1/s1. The van der Waals surface area contributed by atoms with E-state index in [0.29, 0.717) is 0 Å². The molecule has 0 aliphatic carbocycles. The summed E-state index contributed by atoms with van der Waals surface area (Å²) in [5, 5.41) is 15.3. The van der Waals surface area contributed by atoms with Crippen molar-refractivity contribution in [1.82, 2.24) is 5.32 Å². The smallest absolute Gasteiger partial charge is 0.407 e. The summed E-state index contributed by atoms with van der Waals surface area (Å²) in [7, 11) is -1.58. The van der Waals surface area contributed by atoms with Gasteiger partial charge in [0.15, 0.2) is 0 Å². The van der Waals surface area contributed by atoms with Gasteiger partial charge in [-0.25, -0.2) is 4.79 Å². The second kappa shape index (κ2) is 12.0. The molecule has 0 aliphatic heterocycles. The molecule has 2 atom stereocenters. The lowest BCUT2D eigenvalue weighted by Crippen LogP contribution is -2.51. The van der Waals surface area contributed by atoms with Crippen LogP contribution in [0.1, 0.15) is 38.8 Å². The molecule has 0 bridgehead atoms. The minimum Gasteiger partial charge on any atom is -0.445 e. The quantitative estimate of drug-likeness (QED) is 0.461. The molecule has 0 unspecified atom stereocenters. The van der Waals surface area contributed by atoms with Crippen molar-refractivity contribution in [3.63, 3.8) is 0 Å². The number of benzene rings is 3. The predicted molar refractivity (Wildman–Crippen MR) is 138 cm³/mol. The molecule has 0 heterocycles. The molecule has 34 heavy (non-hydrogen) atoms. The maximum atomic E-state index is 12.4. The summed E-state index contributed by atoms with van der Waals surface area (Å²) in [6.45, 7) is 8.55. The zero-order valence-corrected chi connectivity index (χ0v) is 21.3. The molecule has 1 amide bonds. The largest absolute Gasteiger partial charge is 0.445 e. The van der Waals surface area contributed by atoms with Gasteiger partial charge in [-0.05, 0) is 33.8 Å². The van der Waals surface area contributed by atoms with Crippen molar-refractivity contribution in [3.05, 3.63) is 96.1 Å². The number of amides is 1. The highest BCUT2D eigenvalue weighted by Crippen LogP contribution is 2.20. The van der Waals surface area contributed by atoms with Gasteiger partial charge in [-0.1, -0.05) is 106 Å². The SMILES string of the molecule is C[C@@H](O)[C@@H](CO[Si](c1ccccc1)c1ccc(C(C)(C)C)cc1)NC(=O)OCc1ccccc1. The minimum absolute atomic E-state index is 0.0699. The van der Waals surface area contributed by atoms with Crippen LogP contribution in [0.4, 0.5) is 4.79 Å². The second-order valence-electron chi connectivity index (χ2n) is 9.39. The number of aliphatic hydroxyl groups is 1. The Morgan fingerprint density at radius 1 is 0.912 bits per heavy atom. The Labute approximate surface area is 204 Å². The third kappa shape index (κ3) is 7.55. The van der Waals surface area contributed by atoms with E-state index in [9.17, 15) is 9.90 Å². The molecule has 2 N–H and O–H groups in total. The molecule has 0 saturated heterocycles. The van der Waals surface area contributed by atoms with Gasteiger partial charge >= 0.3 is 6.09 Å². The monoisotopic (exact) mass is 476 g/mol. The van der Waals surface area contributed by atoms with Gasteiger partial charge in [0, 0.05) is 0 Å². The average Bonchev–Trinajstić information content (AvgIpc) is 2.83. The van der Waals surface area contributed by atoms with E-state index in [1.807, 2.05) is 48.5 Å². The Hall–Kier alpha value is -2.93. The summed E-state index contributed by atoms with van der Waals surface area (Å²) in [6, 6.07) is 27.5. The Kier molecular flexibility index (Phi) is 9.04. The highest BCUT2D eigenvalue weighted by atomic mass is 28.3. The van der Waals surface area contributed by atoms with Gasteiger partial charge in [0.05, 0.1) is 18.8 Å². The van der Waals surface area contributed by atoms with E-state index in [4.69, 9.17) is 9.16 Å². The summed E-state index contributed by atoms with van der Waals surface area (Å²) >= 11 is 0. The summed E-state index contributed by atoms with van der Waals surface area (Å²) in [6.07, 6.45) is -1.38. The summed E-state index contributed by atoms with van der Waals surface area (Å²) < 4.78 is 11.7. The van der Waals surface area contributed by atoms with Crippen LogP contribution in [0.3, 0.4) is 0 Å². The predicted octanol–water partition coefficient (Wildman–Crippen LogP) is 3.78. The molecule has 5 nitrogen and oxygen atoms in total. The fourth-order valence-electron chi connectivity index (χ4n) is 3.44. The van der Waals surface area contributed by atoms with Gasteiger partial charge in [-0.2, -0.15) is 0 Å². The zero-order valence-electron chi connectivity index (χ0n) is 20.3. The third-order valence-electron chi connectivity index (χ3n) is 5.55. The van der Waals surface area contributed by atoms with Gasteiger partial charge in [-0.3, -0.25) is 0 Å². The fraction of sp³-hybridized carbons (Fsp3) is 0.321. The highest BCUT2D eigenvalue weighted by Gasteiger charge is 2.25. The highest BCUT2D eigenvalue weighted by molar-refractivity contribution is 6.80. The van der Waals surface area contributed by atoms with E-state index in [2.05, 4.69) is 62.5 Å². The molecular weight excluding hydrogens is 442 g/mol. The van der Waals surface area contributed by atoms with Crippen molar-refractivity contribution < 1.29 is 19.1 Å². The summed E-state index contributed by atoms with van der Waals surface area (Å²) in [5.41, 5.74) is 2.23. The molecule has 0 saturated carbocycles. The first-order valence-electron chi connectivity index (χ1n) is 11.6. The van der Waals surface area contributed by atoms with E-state index in [-0.39, 0.29) is 18.6 Å². The second-order valence-corrected chi connectivity index (χ2v) is 11.5. The number of nitrogens with one attached hydrogen (secondary N) is 1. The van der Waals surface area contributed by atoms with Crippen LogP contribution < -0.4 is 15.7 Å². The molecule has 0 fully saturated rings. The van der Waals surface area contributed by atoms with Crippen LogP contribution >= 0.6 is 0 Å². The number of carbonyl (C=O) groups is 1. The van der Waals surface area contributed by atoms with Crippen molar-refractivity contribution in [2.75, 3.05) is 6.61 Å². The molecule has 3 rings (SSSR count). The van der Waals surface area contributed by atoms with Crippen molar-refractivity contribution in [1.29, 1.82) is 0 Å². The van der Waals surface area contributed by atoms with E-state index in [1.54, 1.807) is 6.92 Å². The average molecular weight is 477 g/mol. The maximum absolute atomic E-state index is 12.4. The minimum atomic E-state index is -1.58. The summed E-state index contributed by atoms with van der Waals surface area (Å²) in [5.74, 6) is 0. The van der Waals surface area contributed by atoms with Crippen LogP contribution in [0.2, 0.25) is 0 Å².